The van der Waals surface area contributed by atoms with Gasteiger partial charge in [0.15, 0.2) is 0 Å². The molecule has 0 atom stereocenters. The molecule has 33 heavy (non-hydrogen) atoms. The molecule has 3 aromatic rings. The highest BCUT2D eigenvalue weighted by atomic mass is 35.5. The van der Waals surface area contributed by atoms with Crippen LogP contribution >= 0.6 is 11.6 Å². The number of hydrogen-bond donors (Lipinski definition) is 0. The first-order valence-corrected chi connectivity index (χ1v) is 11.5. The second-order valence-electron chi connectivity index (χ2n) is 8.36. The number of aromatic nitrogens is 1. The van der Waals surface area contributed by atoms with Gasteiger partial charge in [0.05, 0.1) is 5.56 Å². The third-order valence-electron chi connectivity index (χ3n) is 6.61. The summed E-state index contributed by atoms with van der Waals surface area (Å²) in [6.45, 7) is 7.59. The van der Waals surface area contributed by atoms with Gasteiger partial charge in [-0.1, -0.05) is 54.6 Å². The quantitative estimate of drug-likeness (QED) is 0.436. The minimum Gasteiger partial charge on any atom is -0.366 e. The van der Waals surface area contributed by atoms with E-state index in [1.165, 1.54) is 16.8 Å². The topological polar surface area (TPSA) is 63.5 Å². The zero-order valence-corrected chi connectivity index (χ0v) is 19.1. The number of carbonyl (C=O) groups is 1. The number of amides is 1. The fraction of sp³-hybridized carbons (Fsp3) is 0.269. The zero-order chi connectivity index (χ0) is 22.9. The zero-order valence-electron chi connectivity index (χ0n) is 18.3. The standard InChI is InChI=1S/C26H24ClN5O/c1-2-24(33)30-12-14-31(15-13-30)26-20-10-11-32(17-22(20)21(16-28)25(27)29-26)23-9-5-7-18-6-3-4-8-19(18)23/h2-9H,1,10-15,17H2. The predicted octanol–water partition coefficient (Wildman–Crippen LogP) is 4.16. The number of anilines is 2. The van der Waals surface area contributed by atoms with E-state index in [1.807, 2.05) is 6.07 Å². The van der Waals surface area contributed by atoms with E-state index in [0.717, 1.165) is 35.6 Å². The third kappa shape index (κ3) is 3.79. The van der Waals surface area contributed by atoms with E-state index in [1.54, 1.807) is 4.90 Å². The number of pyridine rings is 1. The molecular weight excluding hydrogens is 434 g/mol. The Kier molecular flexibility index (Phi) is 5.65. The van der Waals surface area contributed by atoms with Crippen molar-refractivity contribution in [2.75, 3.05) is 42.5 Å². The van der Waals surface area contributed by atoms with Gasteiger partial charge in [-0.05, 0) is 29.5 Å². The number of benzene rings is 2. The van der Waals surface area contributed by atoms with Crippen LogP contribution in [-0.4, -0.2) is 48.5 Å². The number of rotatable bonds is 3. The van der Waals surface area contributed by atoms with Crippen LogP contribution in [0.25, 0.3) is 10.8 Å². The predicted molar refractivity (Wildman–Crippen MR) is 132 cm³/mol. The molecule has 6 nitrogen and oxygen atoms in total. The summed E-state index contributed by atoms with van der Waals surface area (Å²) >= 11 is 6.52. The van der Waals surface area contributed by atoms with E-state index >= 15 is 0 Å². The van der Waals surface area contributed by atoms with Crippen LogP contribution in [-0.2, 0) is 17.8 Å². The minimum absolute atomic E-state index is 0.0479. The molecule has 0 bridgehead atoms. The Morgan fingerprint density at radius 2 is 1.79 bits per heavy atom. The summed E-state index contributed by atoms with van der Waals surface area (Å²) < 4.78 is 0. The van der Waals surface area contributed by atoms with Crippen molar-refractivity contribution in [3.8, 4) is 6.07 Å². The van der Waals surface area contributed by atoms with Gasteiger partial charge in [0.25, 0.3) is 0 Å². The molecule has 0 unspecified atom stereocenters. The van der Waals surface area contributed by atoms with Crippen molar-refractivity contribution in [2.24, 2.45) is 0 Å². The highest BCUT2D eigenvalue weighted by Gasteiger charge is 2.30. The smallest absolute Gasteiger partial charge is 0.246 e. The van der Waals surface area contributed by atoms with Crippen molar-refractivity contribution in [3.63, 3.8) is 0 Å². The van der Waals surface area contributed by atoms with Crippen LogP contribution in [0.4, 0.5) is 11.5 Å². The van der Waals surface area contributed by atoms with Gasteiger partial charge >= 0.3 is 0 Å². The van der Waals surface area contributed by atoms with Gasteiger partial charge < -0.3 is 14.7 Å². The van der Waals surface area contributed by atoms with Crippen LogP contribution in [0.2, 0.25) is 5.15 Å². The van der Waals surface area contributed by atoms with Gasteiger partial charge in [0.1, 0.15) is 17.0 Å². The van der Waals surface area contributed by atoms with E-state index in [4.69, 9.17) is 11.6 Å². The highest BCUT2D eigenvalue weighted by Crippen LogP contribution is 2.37. The Morgan fingerprint density at radius 3 is 2.55 bits per heavy atom. The van der Waals surface area contributed by atoms with Gasteiger partial charge in [0.2, 0.25) is 5.91 Å². The molecule has 166 valence electrons. The molecule has 1 amide bonds. The van der Waals surface area contributed by atoms with Gasteiger partial charge in [0, 0.05) is 55.9 Å². The second-order valence-corrected chi connectivity index (χ2v) is 8.71. The number of piperazine rings is 1. The van der Waals surface area contributed by atoms with Crippen molar-refractivity contribution < 1.29 is 4.79 Å². The van der Waals surface area contributed by atoms with Crippen molar-refractivity contribution in [3.05, 3.63) is 77.0 Å². The van der Waals surface area contributed by atoms with Crippen LogP contribution < -0.4 is 9.80 Å². The number of halogens is 1. The maximum absolute atomic E-state index is 12.0. The summed E-state index contributed by atoms with van der Waals surface area (Å²) in [6, 6.07) is 17.0. The molecule has 2 aromatic carbocycles. The minimum atomic E-state index is -0.0479. The highest BCUT2D eigenvalue weighted by molar-refractivity contribution is 6.30. The third-order valence-corrected chi connectivity index (χ3v) is 6.89. The lowest BCUT2D eigenvalue weighted by molar-refractivity contribution is -0.126. The first-order chi connectivity index (χ1) is 16.1. The molecule has 0 radical (unpaired) electrons. The molecule has 0 aliphatic carbocycles. The lowest BCUT2D eigenvalue weighted by atomic mass is 9.95. The monoisotopic (exact) mass is 457 g/mol. The summed E-state index contributed by atoms with van der Waals surface area (Å²) in [4.78, 5) is 22.9. The van der Waals surface area contributed by atoms with Gasteiger partial charge in [-0.15, -0.1) is 0 Å². The number of nitriles is 1. The summed E-state index contributed by atoms with van der Waals surface area (Å²) in [6.07, 6.45) is 2.13. The van der Waals surface area contributed by atoms with Gasteiger partial charge in [-0.2, -0.15) is 5.26 Å². The molecule has 2 aliphatic heterocycles. The maximum atomic E-state index is 12.0. The molecule has 0 saturated carbocycles. The first kappa shape index (κ1) is 21.3. The van der Waals surface area contributed by atoms with E-state index in [2.05, 4.69) is 63.8 Å². The Labute approximate surface area is 198 Å². The van der Waals surface area contributed by atoms with E-state index in [0.29, 0.717) is 38.3 Å². The Balaban J connectivity index is 1.50. The Morgan fingerprint density at radius 1 is 1.03 bits per heavy atom. The molecule has 3 heterocycles. The molecule has 5 rings (SSSR count). The largest absolute Gasteiger partial charge is 0.366 e. The number of carbonyl (C=O) groups excluding carboxylic acids is 1. The van der Waals surface area contributed by atoms with Crippen LogP contribution in [0.1, 0.15) is 16.7 Å². The van der Waals surface area contributed by atoms with Crippen molar-refractivity contribution >= 4 is 39.8 Å². The molecule has 0 spiro atoms. The van der Waals surface area contributed by atoms with Gasteiger partial charge in [-0.3, -0.25) is 4.79 Å². The molecule has 1 fully saturated rings. The second kappa shape index (κ2) is 8.76. The summed E-state index contributed by atoms with van der Waals surface area (Å²) in [5.41, 5.74) is 3.67. The average molecular weight is 458 g/mol. The fourth-order valence-corrected chi connectivity index (χ4v) is 5.15. The Hall–Kier alpha value is -3.56. The lowest BCUT2D eigenvalue weighted by Gasteiger charge is -2.38. The number of fused-ring (bicyclic) bond motifs is 2. The van der Waals surface area contributed by atoms with E-state index in [-0.39, 0.29) is 11.1 Å². The maximum Gasteiger partial charge on any atom is 0.246 e. The molecule has 2 aliphatic rings. The van der Waals surface area contributed by atoms with E-state index < -0.39 is 0 Å². The summed E-state index contributed by atoms with van der Waals surface area (Å²) in [7, 11) is 0. The van der Waals surface area contributed by atoms with E-state index in [9.17, 15) is 10.1 Å². The van der Waals surface area contributed by atoms with Gasteiger partial charge in [-0.25, -0.2) is 4.98 Å². The summed E-state index contributed by atoms with van der Waals surface area (Å²) in [5, 5.41) is 12.5. The van der Waals surface area contributed by atoms with Crippen LogP contribution in [0.5, 0.6) is 0 Å². The number of hydrogen-bond acceptors (Lipinski definition) is 5. The molecule has 7 heteroatoms. The van der Waals surface area contributed by atoms with Crippen LogP contribution in [0.15, 0.2) is 55.1 Å². The molecule has 1 saturated heterocycles. The lowest BCUT2D eigenvalue weighted by Crippen LogP contribution is -2.49. The fourth-order valence-electron chi connectivity index (χ4n) is 4.91. The average Bonchev–Trinajstić information content (AvgIpc) is 2.87. The van der Waals surface area contributed by atoms with Crippen molar-refractivity contribution in [2.45, 2.75) is 13.0 Å². The molecule has 0 N–H and O–H groups in total. The van der Waals surface area contributed by atoms with Crippen molar-refractivity contribution in [1.29, 1.82) is 5.26 Å². The normalized spacial score (nSPS) is 15.8. The Bertz CT molecular complexity index is 1280. The summed E-state index contributed by atoms with van der Waals surface area (Å²) in [5.74, 6) is 0.797. The molecule has 1 aromatic heterocycles. The first-order valence-electron chi connectivity index (χ1n) is 11.1. The molecular formula is C26H24ClN5O. The van der Waals surface area contributed by atoms with Crippen LogP contribution in [0, 0.1) is 11.3 Å². The van der Waals surface area contributed by atoms with Crippen LogP contribution in [0.3, 0.4) is 0 Å². The SMILES string of the molecule is C=CC(=O)N1CCN(c2nc(Cl)c(C#N)c3c2CCN(c2cccc4ccccc24)C3)CC1. The van der Waals surface area contributed by atoms with Crippen molar-refractivity contribution in [1.82, 2.24) is 9.88 Å². The number of nitrogens with zero attached hydrogens (tertiary/aromatic N) is 5.